The summed E-state index contributed by atoms with van der Waals surface area (Å²) in [5.74, 6) is 0.830. The average Bonchev–Trinajstić information content (AvgIpc) is 3.05. The first-order chi connectivity index (χ1) is 10.6. The van der Waals surface area contributed by atoms with E-state index in [2.05, 4.69) is 27.0 Å². The number of hydrogen-bond acceptors (Lipinski definition) is 5. The number of anilines is 1. The third-order valence-electron chi connectivity index (χ3n) is 4.24. The molecule has 2 atom stereocenters. The van der Waals surface area contributed by atoms with Crippen LogP contribution in [0.4, 0.5) is 5.82 Å². The summed E-state index contributed by atoms with van der Waals surface area (Å²) in [5.41, 5.74) is 7.54. The number of aromatic nitrogens is 4. The van der Waals surface area contributed by atoms with E-state index in [9.17, 15) is 4.79 Å². The Kier molecular flexibility index (Phi) is 3.79. The van der Waals surface area contributed by atoms with Gasteiger partial charge in [-0.25, -0.2) is 14.6 Å². The van der Waals surface area contributed by atoms with Gasteiger partial charge in [-0.15, -0.1) is 0 Å². The zero-order chi connectivity index (χ0) is 15.7. The van der Waals surface area contributed by atoms with E-state index < -0.39 is 0 Å². The predicted octanol–water partition coefficient (Wildman–Crippen LogP) is 1.19. The van der Waals surface area contributed by atoms with Gasteiger partial charge in [0.2, 0.25) is 5.91 Å². The molecule has 1 aliphatic carbocycles. The highest BCUT2D eigenvalue weighted by atomic mass is 16.1. The third-order valence-corrected chi connectivity index (χ3v) is 4.24. The minimum absolute atomic E-state index is 0.105. The smallest absolute Gasteiger partial charge is 0.243 e. The lowest BCUT2D eigenvalue weighted by Crippen LogP contribution is -2.31. The normalized spacial score (nSPS) is 21.1. The number of carbonyl (C=O) groups excluding carboxylic acids is 1. The molecule has 2 aromatic heterocycles. The Morgan fingerprint density at radius 3 is 3.14 bits per heavy atom. The summed E-state index contributed by atoms with van der Waals surface area (Å²) in [6, 6.07) is 0.220. The van der Waals surface area contributed by atoms with Gasteiger partial charge in [-0.2, -0.15) is 5.10 Å². The van der Waals surface area contributed by atoms with Crippen LogP contribution in [0.2, 0.25) is 0 Å². The van der Waals surface area contributed by atoms with Crippen molar-refractivity contribution >= 4 is 22.8 Å². The van der Waals surface area contributed by atoms with E-state index in [1.165, 1.54) is 12.4 Å². The van der Waals surface area contributed by atoms with Gasteiger partial charge < -0.3 is 11.1 Å². The summed E-state index contributed by atoms with van der Waals surface area (Å²) in [7, 11) is 0. The molecule has 3 rings (SSSR count). The van der Waals surface area contributed by atoms with Crippen molar-refractivity contribution in [3.8, 4) is 0 Å². The molecule has 22 heavy (non-hydrogen) atoms. The number of nitrogen functional groups attached to an aromatic ring is 1. The van der Waals surface area contributed by atoms with E-state index in [1.807, 2.05) is 11.6 Å². The van der Waals surface area contributed by atoms with Crippen molar-refractivity contribution in [2.24, 2.45) is 5.92 Å². The molecule has 0 radical (unpaired) electrons. The van der Waals surface area contributed by atoms with Crippen molar-refractivity contribution in [3.05, 3.63) is 24.7 Å². The second kappa shape index (κ2) is 5.75. The minimum Gasteiger partial charge on any atom is -0.383 e. The molecule has 1 amide bonds. The van der Waals surface area contributed by atoms with Crippen LogP contribution in [0.3, 0.4) is 0 Å². The van der Waals surface area contributed by atoms with E-state index in [0.717, 1.165) is 42.5 Å². The second-order valence-corrected chi connectivity index (χ2v) is 5.81. The summed E-state index contributed by atoms with van der Waals surface area (Å²) in [6.45, 7) is 6.18. The Labute approximate surface area is 128 Å². The molecule has 7 nitrogen and oxygen atoms in total. The highest BCUT2D eigenvalue weighted by molar-refractivity contribution is 5.88. The van der Waals surface area contributed by atoms with E-state index in [0.29, 0.717) is 11.7 Å². The highest BCUT2D eigenvalue weighted by Crippen LogP contribution is 2.29. The SMILES string of the molecule is C=CC(=O)NC1CCC(Cn2nc(C)c3c(N)ncnc32)C1. The zero-order valence-corrected chi connectivity index (χ0v) is 12.6. The Morgan fingerprint density at radius 1 is 1.55 bits per heavy atom. The monoisotopic (exact) mass is 300 g/mol. The lowest BCUT2D eigenvalue weighted by molar-refractivity contribution is -0.117. The number of nitrogens with two attached hydrogens (primary N) is 1. The molecule has 3 N–H and O–H groups in total. The van der Waals surface area contributed by atoms with Crippen LogP contribution >= 0.6 is 0 Å². The first-order valence-corrected chi connectivity index (χ1v) is 7.45. The van der Waals surface area contributed by atoms with Crippen LogP contribution in [-0.4, -0.2) is 31.7 Å². The van der Waals surface area contributed by atoms with E-state index in [-0.39, 0.29) is 11.9 Å². The molecule has 0 aromatic carbocycles. The fraction of sp³-hybridized carbons (Fsp3) is 0.467. The fourth-order valence-corrected chi connectivity index (χ4v) is 3.21. The van der Waals surface area contributed by atoms with Crippen LogP contribution in [-0.2, 0) is 11.3 Å². The summed E-state index contributed by atoms with van der Waals surface area (Å²) >= 11 is 0. The molecule has 2 aromatic rings. The molecule has 0 spiro atoms. The number of carbonyl (C=O) groups is 1. The molecular weight excluding hydrogens is 280 g/mol. The largest absolute Gasteiger partial charge is 0.383 e. The number of rotatable bonds is 4. The van der Waals surface area contributed by atoms with Gasteiger partial charge in [-0.1, -0.05) is 6.58 Å². The van der Waals surface area contributed by atoms with Gasteiger partial charge in [0.05, 0.1) is 11.1 Å². The standard InChI is InChI=1S/C15H20N6O/c1-3-12(22)19-11-5-4-10(6-11)7-21-15-13(9(2)20-21)14(16)17-8-18-15/h3,8,10-11H,1,4-7H2,2H3,(H,19,22)(H2,16,17,18). The molecular formula is C15H20N6O. The summed E-state index contributed by atoms with van der Waals surface area (Å²) in [6.07, 6.45) is 5.78. The van der Waals surface area contributed by atoms with Crippen LogP contribution in [0.15, 0.2) is 19.0 Å². The Balaban J connectivity index is 1.74. The van der Waals surface area contributed by atoms with Crippen LogP contribution < -0.4 is 11.1 Å². The molecule has 2 unspecified atom stereocenters. The fourth-order valence-electron chi connectivity index (χ4n) is 3.21. The van der Waals surface area contributed by atoms with Crippen molar-refractivity contribution in [2.75, 3.05) is 5.73 Å². The van der Waals surface area contributed by atoms with Gasteiger partial charge in [-0.05, 0) is 38.2 Å². The maximum absolute atomic E-state index is 11.4. The van der Waals surface area contributed by atoms with Gasteiger partial charge in [0.25, 0.3) is 0 Å². The van der Waals surface area contributed by atoms with Crippen molar-refractivity contribution in [3.63, 3.8) is 0 Å². The maximum Gasteiger partial charge on any atom is 0.243 e. The lowest BCUT2D eigenvalue weighted by Gasteiger charge is -2.12. The molecule has 0 bridgehead atoms. The molecule has 1 fully saturated rings. The Bertz CT molecular complexity index is 722. The van der Waals surface area contributed by atoms with Crippen molar-refractivity contribution in [1.82, 2.24) is 25.1 Å². The molecule has 0 aliphatic heterocycles. The topological polar surface area (TPSA) is 98.7 Å². The van der Waals surface area contributed by atoms with Crippen LogP contribution in [0.1, 0.15) is 25.0 Å². The number of nitrogens with one attached hydrogen (secondary N) is 1. The number of fused-ring (bicyclic) bond motifs is 1. The first kappa shape index (κ1) is 14.5. The molecule has 2 heterocycles. The Morgan fingerprint density at radius 2 is 2.36 bits per heavy atom. The van der Waals surface area contributed by atoms with Gasteiger partial charge >= 0.3 is 0 Å². The number of aryl methyl sites for hydroxylation is 1. The second-order valence-electron chi connectivity index (χ2n) is 5.81. The van der Waals surface area contributed by atoms with Gasteiger partial charge in [-0.3, -0.25) is 4.79 Å². The molecule has 1 aliphatic rings. The quantitative estimate of drug-likeness (QED) is 0.826. The molecule has 0 saturated heterocycles. The maximum atomic E-state index is 11.4. The molecule has 1 saturated carbocycles. The van der Waals surface area contributed by atoms with E-state index >= 15 is 0 Å². The molecule has 7 heteroatoms. The first-order valence-electron chi connectivity index (χ1n) is 7.45. The van der Waals surface area contributed by atoms with Crippen LogP contribution in [0, 0.1) is 12.8 Å². The van der Waals surface area contributed by atoms with Crippen LogP contribution in [0.25, 0.3) is 11.0 Å². The molecule has 116 valence electrons. The number of hydrogen-bond donors (Lipinski definition) is 2. The zero-order valence-electron chi connectivity index (χ0n) is 12.6. The number of nitrogens with zero attached hydrogens (tertiary/aromatic N) is 4. The summed E-state index contributed by atoms with van der Waals surface area (Å²) < 4.78 is 1.91. The Hall–Kier alpha value is -2.44. The summed E-state index contributed by atoms with van der Waals surface area (Å²) in [5, 5.41) is 8.34. The van der Waals surface area contributed by atoms with Crippen molar-refractivity contribution in [2.45, 2.75) is 38.8 Å². The lowest BCUT2D eigenvalue weighted by atomic mass is 10.1. The third kappa shape index (κ3) is 2.66. The number of amides is 1. The van der Waals surface area contributed by atoms with Crippen molar-refractivity contribution in [1.29, 1.82) is 0 Å². The van der Waals surface area contributed by atoms with Gasteiger partial charge in [0.1, 0.15) is 12.1 Å². The van der Waals surface area contributed by atoms with E-state index in [1.54, 1.807) is 0 Å². The predicted molar refractivity (Wildman–Crippen MR) is 83.9 cm³/mol. The van der Waals surface area contributed by atoms with Crippen molar-refractivity contribution < 1.29 is 4.79 Å². The van der Waals surface area contributed by atoms with E-state index in [4.69, 9.17) is 5.73 Å². The minimum atomic E-state index is -0.105. The summed E-state index contributed by atoms with van der Waals surface area (Å²) in [4.78, 5) is 19.7. The van der Waals surface area contributed by atoms with Gasteiger partial charge in [0, 0.05) is 12.6 Å². The van der Waals surface area contributed by atoms with Crippen LogP contribution in [0.5, 0.6) is 0 Å². The average molecular weight is 300 g/mol. The highest BCUT2D eigenvalue weighted by Gasteiger charge is 2.26. The van der Waals surface area contributed by atoms with Gasteiger partial charge in [0.15, 0.2) is 5.65 Å².